The molecule has 0 aromatic heterocycles. The molecule has 0 unspecified atom stereocenters. The van der Waals surface area contributed by atoms with Gasteiger partial charge in [-0.3, -0.25) is 9.59 Å². The minimum Gasteiger partial charge on any atom is -0.480 e. The van der Waals surface area contributed by atoms with E-state index in [1.54, 1.807) is 0 Å². The van der Waals surface area contributed by atoms with Gasteiger partial charge in [0, 0.05) is 0 Å². The Balaban J connectivity index is 4.47. The van der Waals surface area contributed by atoms with Gasteiger partial charge in [0.15, 0.2) is 0 Å². The number of aliphatic hydroxyl groups excluding tert-OH is 2. The summed E-state index contributed by atoms with van der Waals surface area (Å²) in [4.78, 5) is 34.2. The van der Waals surface area contributed by atoms with E-state index in [0.717, 1.165) is 0 Å². The zero-order valence-electron chi connectivity index (χ0n) is 12.2. The van der Waals surface area contributed by atoms with Crippen molar-refractivity contribution in [2.24, 2.45) is 11.5 Å². The molecule has 3 atom stereocenters. The van der Waals surface area contributed by atoms with Crippen LogP contribution in [0.3, 0.4) is 0 Å². The molecule has 0 aromatic carbocycles. The Morgan fingerprint density at radius 3 is 1.95 bits per heavy atom. The van der Waals surface area contributed by atoms with Crippen molar-refractivity contribution < 1.29 is 29.7 Å². The Kier molecular flexibility index (Phi) is 10.0. The van der Waals surface area contributed by atoms with Crippen LogP contribution in [0.4, 0.5) is 0 Å². The topological polar surface area (TPSA) is 188 Å². The molecule has 0 fully saturated rings. The summed E-state index contributed by atoms with van der Waals surface area (Å²) in [5, 5.41) is 30.9. The quantitative estimate of drug-likeness (QED) is 0.191. The van der Waals surface area contributed by atoms with Gasteiger partial charge in [-0.25, -0.2) is 4.79 Å². The van der Waals surface area contributed by atoms with E-state index < -0.39 is 49.1 Å². The van der Waals surface area contributed by atoms with Crippen molar-refractivity contribution in [1.29, 1.82) is 0 Å². The largest absolute Gasteiger partial charge is 0.480 e. The van der Waals surface area contributed by atoms with Gasteiger partial charge >= 0.3 is 5.97 Å². The molecule has 0 saturated heterocycles. The van der Waals surface area contributed by atoms with Crippen LogP contribution in [0.1, 0.15) is 19.3 Å². The van der Waals surface area contributed by atoms with Gasteiger partial charge in [0.25, 0.3) is 0 Å². The molecule has 10 nitrogen and oxygen atoms in total. The lowest BCUT2D eigenvalue weighted by atomic mass is 10.1. The number of carboxylic acid groups (broad SMARTS) is 1. The van der Waals surface area contributed by atoms with Crippen LogP contribution in [0.2, 0.25) is 0 Å². The summed E-state index contributed by atoms with van der Waals surface area (Å²) >= 11 is 0. The van der Waals surface area contributed by atoms with E-state index >= 15 is 0 Å². The first kappa shape index (κ1) is 20.2. The summed E-state index contributed by atoms with van der Waals surface area (Å²) in [6.45, 7) is -1.07. The molecule has 0 saturated carbocycles. The summed E-state index contributed by atoms with van der Waals surface area (Å²) in [7, 11) is 0. The molecular weight excluding hydrogens is 296 g/mol. The number of aliphatic hydroxyl groups is 2. The van der Waals surface area contributed by atoms with Crippen molar-refractivity contribution >= 4 is 17.8 Å². The molecule has 0 aliphatic heterocycles. The fourth-order valence-corrected chi connectivity index (χ4v) is 1.57. The normalized spacial score (nSPS) is 14.7. The average molecular weight is 320 g/mol. The number of carbonyl (C=O) groups is 3. The third-order valence-corrected chi connectivity index (χ3v) is 2.92. The maximum absolute atomic E-state index is 11.8. The molecule has 0 rings (SSSR count). The standard InChI is InChI=1S/C12H24N4O6/c13-4-2-1-3-7(14)10(19)15-8(5-17)11(20)16-9(6-18)12(21)22/h7-9,17-18H,1-6,13-14H2,(H,15,19)(H,16,20)(H,21,22)/t7-,8-,9-/m0/s1. The highest BCUT2D eigenvalue weighted by Gasteiger charge is 2.26. The second-order valence-electron chi connectivity index (χ2n) is 4.72. The van der Waals surface area contributed by atoms with E-state index in [1.165, 1.54) is 0 Å². The summed E-state index contributed by atoms with van der Waals surface area (Å²) in [5.41, 5.74) is 11.0. The molecule has 10 heteroatoms. The first-order valence-electron chi connectivity index (χ1n) is 6.88. The van der Waals surface area contributed by atoms with Crippen LogP contribution in [0.15, 0.2) is 0 Å². The highest BCUT2D eigenvalue weighted by Crippen LogP contribution is 1.99. The van der Waals surface area contributed by atoms with E-state index in [9.17, 15) is 14.4 Å². The van der Waals surface area contributed by atoms with Gasteiger partial charge in [-0.2, -0.15) is 0 Å². The van der Waals surface area contributed by atoms with Gasteiger partial charge in [0.1, 0.15) is 12.1 Å². The first-order valence-corrected chi connectivity index (χ1v) is 6.88. The van der Waals surface area contributed by atoms with Crippen LogP contribution in [0.5, 0.6) is 0 Å². The number of nitrogens with two attached hydrogens (primary N) is 2. The Labute approximate surface area is 127 Å². The van der Waals surface area contributed by atoms with E-state index in [2.05, 4.69) is 5.32 Å². The number of unbranched alkanes of at least 4 members (excludes halogenated alkanes) is 1. The predicted octanol–water partition coefficient (Wildman–Crippen LogP) is -3.52. The predicted molar refractivity (Wildman–Crippen MR) is 76.5 cm³/mol. The van der Waals surface area contributed by atoms with E-state index in [1.807, 2.05) is 5.32 Å². The highest BCUT2D eigenvalue weighted by atomic mass is 16.4. The third-order valence-electron chi connectivity index (χ3n) is 2.92. The van der Waals surface area contributed by atoms with Gasteiger partial charge in [-0.05, 0) is 19.4 Å². The minimum absolute atomic E-state index is 0.372. The van der Waals surface area contributed by atoms with Crippen molar-refractivity contribution in [3.05, 3.63) is 0 Å². The second-order valence-corrected chi connectivity index (χ2v) is 4.72. The Bertz CT molecular complexity index is 379. The molecule has 0 radical (unpaired) electrons. The summed E-state index contributed by atoms with van der Waals surface area (Å²) < 4.78 is 0. The molecule has 0 bridgehead atoms. The number of hydrogen-bond acceptors (Lipinski definition) is 7. The van der Waals surface area contributed by atoms with Crippen LogP contribution in [0, 0.1) is 0 Å². The van der Waals surface area contributed by atoms with Crippen LogP contribution in [-0.4, -0.2) is 71.0 Å². The molecule has 128 valence electrons. The van der Waals surface area contributed by atoms with Gasteiger partial charge in [0.05, 0.1) is 19.3 Å². The summed E-state index contributed by atoms with van der Waals surface area (Å²) in [6.07, 6.45) is 1.73. The fourth-order valence-electron chi connectivity index (χ4n) is 1.57. The van der Waals surface area contributed by atoms with Crippen LogP contribution in [-0.2, 0) is 14.4 Å². The van der Waals surface area contributed by atoms with Crippen LogP contribution in [0.25, 0.3) is 0 Å². The van der Waals surface area contributed by atoms with Crippen molar-refractivity contribution in [2.75, 3.05) is 19.8 Å². The number of amides is 2. The maximum atomic E-state index is 11.8. The minimum atomic E-state index is -1.52. The first-order chi connectivity index (χ1) is 10.4. The van der Waals surface area contributed by atoms with Gasteiger partial charge in [-0.15, -0.1) is 0 Å². The number of aliphatic carboxylic acids is 1. The summed E-state index contributed by atoms with van der Waals surface area (Å²) in [5.74, 6) is -2.99. The highest BCUT2D eigenvalue weighted by molar-refractivity contribution is 5.91. The smallest absolute Gasteiger partial charge is 0.328 e. The maximum Gasteiger partial charge on any atom is 0.328 e. The second kappa shape index (κ2) is 10.9. The number of carboxylic acids is 1. The monoisotopic (exact) mass is 320 g/mol. The zero-order chi connectivity index (χ0) is 17.1. The van der Waals surface area contributed by atoms with Gasteiger partial charge in [-0.1, -0.05) is 6.42 Å². The number of hydrogen-bond donors (Lipinski definition) is 7. The van der Waals surface area contributed by atoms with Crippen LogP contribution >= 0.6 is 0 Å². The molecule has 0 aromatic rings. The summed E-state index contributed by atoms with van der Waals surface area (Å²) in [6, 6.07) is -3.72. The van der Waals surface area contributed by atoms with Crippen molar-refractivity contribution in [2.45, 2.75) is 37.4 Å². The molecule has 0 aliphatic rings. The van der Waals surface area contributed by atoms with Crippen molar-refractivity contribution in [3.8, 4) is 0 Å². The Morgan fingerprint density at radius 1 is 0.955 bits per heavy atom. The molecule has 22 heavy (non-hydrogen) atoms. The third kappa shape index (κ3) is 7.31. The lowest BCUT2D eigenvalue weighted by Gasteiger charge is -2.20. The average Bonchev–Trinajstić information content (AvgIpc) is 2.49. The van der Waals surface area contributed by atoms with E-state index in [4.69, 9.17) is 26.8 Å². The molecule has 9 N–H and O–H groups in total. The number of rotatable bonds is 11. The molecule has 0 aliphatic carbocycles. The lowest BCUT2D eigenvalue weighted by Crippen LogP contribution is -2.56. The lowest BCUT2D eigenvalue weighted by molar-refractivity contribution is -0.143. The van der Waals surface area contributed by atoms with E-state index in [-0.39, 0.29) is 0 Å². The zero-order valence-corrected chi connectivity index (χ0v) is 12.2. The number of nitrogens with one attached hydrogen (secondary N) is 2. The molecule has 0 spiro atoms. The van der Waals surface area contributed by atoms with E-state index in [0.29, 0.717) is 25.8 Å². The van der Waals surface area contributed by atoms with Gasteiger partial charge < -0.3 is 37.4 Å². The SMILES string of the molecule is NCCCC[C@H](N)C(=O)N[C@@H](CO)C(=O)N[C@@H](CO)C(=O)O. The van der Waals surface area contributed by atoms with Gasteiger partial charge in [0.2, 0.25) is 11.8 Å². The molecular formula is C12H24N4O6. The van der Waals surface area contributed by atoms with Crippen molar-refractivity contribution in [1.82, 2.24) is 10.6 Å². The Morgan fingerprint density at radius 2 is 1.50 bits per heavy atom. The Hall–Kier alpha value is -1.75. The molecule has 2 amide bonds. The van der Waals surface area contributed by atoms with Crippen molar-refractivity contribution in [3.63, 3.8) is 0 Å². The number of carbonyl (C=O) groups excluding carboxylic acids is 2. The fraction of sp³-hybridized carbons (Fsp3) is 0.750. The van der Waals surface area contributed by atoms with Crippen LogP contribution < -0.4 is 22.1 Å². The molecule has 0 heterocycles.